The normalized spacial score (nSPS) is 24.1. The number of methoxy groups -OCH3 is 1. The zero-order valence-corrected chi connectivity index (χ0v) is 21.7. The predicted octanol–water partition coefficient (Wildman–Crippen LogP) is 0.363. The monoisotopic (exact) mass is 545 g/mol. The molecule has 3 unspecified atom stereocenters. The van der Waals surface area contributed by atoms with Gasteiger partial charge in [-0.05, 0) is 30.4 Å². The molecule has 13 heteroatoms. The van der Waals surface area contributed by atoms with Crippen molar-refractivity contribution in [1.29, 1.82) is 0 Å². The lowest BCUT2D eigenvalue weighted by atomic mass is 9.59. The number of aliphatic hydroxyl groups excluding tert-OH is 2. The lowest BCUT2D eigenvalue weighted by molar-refractivity contribution is -0.147. The number of rotatable bonds is 7. The van der Waals surface area contributed by atoms with E-state index in [1.807, 2.05) is 0 Å². The number of nitrogens with two attached hydrogens (primary N) is 1. The first kappa shape index (κ1) is 27.9. The molecular formula is C26H31N3O10. The Balaban J connectivity index is 1.80. The van der Waals surface area contributed by atoms with Crippen LogP contribution in [0.1, 0.15) is 29.5 Å². The van der Waals surface area contributed by atoms with E-state index >= 15 is 0 Å². The standard InChI is InChI=1S/C26H31N3O10/c1-29(2)15-8-12(10-28-25(36)39-5-4-38-3)20(31)18-14(15)7-11-6-13-9-16(30)19(24(27)35)23(34)26(13,37)22(33)17(11)21(18)32/h8,11,13,31-32,34,37H,4-7,9-10H2,1-3H3,(H2,27,35)(H,28,36). The molecule has 210 valence electrons. The number of hydrogen-bond donors (Lipinski definition) is 6. The lowest BCUT2D eigenvalue weighted by Crippen LogP contribution is -2.58. The number of ketones is 2. The van der Waals surface area contributed by atoms with Gasteiger partial charge in [-0.3, -0.25) is 14.4 Å². The van der Waals surface area contributed by atoms with Crippen molar-refractivity contribution in [2.75, 3.05) is 39.3 Å². The molecule has 0 spiro atoms. The van der Waals surface area contributed by atoms with Gasteiger partial charge in [0.15, 0.2) is 11.4 Å². The first-order valence-corrected chi connectivity index (χ1v) is 12.3. The minimum Gasteiger partial charge on any atom is -0.508 e. The number of ether oxygens (including phenoxy) is 2. The second-order valence-corrected chi connectivity index (χ2v) is 10.0. The van der Waals surface area contributed by atoms with Gasteiger partial charge in [0, 0.05) is 56.9 Å². The first-order chi connectivity index (χ1) is 18.3. The van der Waals surface area contributed by atoms with Crippen LogP contribution in [0.3, 0.4) is 0 Å². The van der Waals surface area contributed by atoms with Crippen LogP contribution in [0.15, 0.2) is 23.0 Å². The van der Waals surface area contributed by atoms with Crippen LogP contribution in [0.4, 0.5) is 10.5 Å². The quantitative estimate of drug-likeness (QED) is 0.203. The van der Waals surface area contributed by atoms with Crippen LogP contribution in [-0.2, 0) is 36.8 Å². The van der Waals surface area contributed by atoms with Gasteiger partial charge in [0.25, 0.3) is 5.91 Å². The average molecular weight is 546 g/mol. The van der Waals surface area contributed by atoms with E-state index in [0.29, 0.717) is 11.3 Å². The Kier molecular flexibility index (Phi) is 7.32. The fraction of sp³-hybridized carbons (Fsp3) is 0.462. The summed E-state index contributed by atoms with van der Waals surface area (Å²) in [4.78, 5) is 51.7. The SMILES string of the molecule is COCCOC(=O)NCc1cc(N(C)C)c2c(c1O)C(O)=C1C(=O)C3(O)C(O)=C(C(N)=O)C(=O)CC3CC1C2. The topological polar surface area (TPSA) is 209 Å². The van der Waals surface area contributed by atoms with Crippen LogP contribution in [0.5, 0.6) is 5.75 Å². The summed E-state index contributed by atoms with van der Waals surface area (Å²) in [5, 5.41) is 47.1. The van der Waals surface area contributed by atoms with Crippen molar-refractivity contribution in [3.8, 4) is 5.75 Å². The molecule has 7 N–H and O–H groups in total. The summed E-state index contributed by atoms with van der Waals surface area (Å²) in [7, 11) is 4.95. The largest absolute Gasteiger partial charge is 0.508 e. The van der Waals surface area contributed by atoms with Gasteiger partial charge in [0.05, 0.1) is 12.2 Å². The number of primary amides is 1. The molecule has 0 saturated heterocycles. The van der Waals surface area contributed by atoms with Crippen LogP contribution < -0.4 is 16.0 Å². The van der Waals surface area contributed by atoms with Crippen molar-refractivity contribution in [2.24, 2.45) is 17.6 Å². The Hall–Kier alpha value is -4.10. The number of carbonyl (C=O) groups is 4. The van der Waals surface area contributed by atoms with E-state index < -0.39 is 70.3 Å². The third kappa shape index (κ3) is 4.46. The minimum absolute atomic E-state index is 0.0199. The number of carbonyl (C=O) groups excluding carboxylic acids is 4. The van der Waals surface area contributed by atoms with E-state index in [-0.39, 0.29) is 49.3 Å². The highest BCUT2D eigenvalue weighted by atomic mass is 16.6. The van der Waals surface area contributed by atoms with Gasteiger partial charge < -0.3 is 45.9 Å². The molecule has 3 atom stereocenters. The smallest absolute Gasteiger partial charge is 0.407 e. The van der Waals surface area contributed by atoms with Crippen LogP contribution in [0, 0.1) is 11.8 Å². The Morgan fingerprint density at radius 2 is 1.87 bits per heavy atom. The van der Waals surface area contributed by atoms with Crippen molar-refractivity contribution < 1.29 is 49.1 Å². The fourth-order valence-electron chi connectivity index (χ4n) is 5.69. The molecule has 13 nitrogen and oxygen atoms in total. The minimum atomic E-state index is -2.64. The molecule has 0 bridgehead atoms. The van der Waals surface area contributed by atoms with Gasteiger partial charge in [-0.1, -0.05) is 0 Å². The molecule has 1 aromatic rings. The summed E-state index contributed by atoms with van der Waals surface area (Å²) < 4.78 is 9.79. The van der Waals surface area contributed by atoms with Crippen LogP contribution >= 0.6 is 0 Å². The van der Waals surface area contributed by atoms with Gasteiger partial charge in [-0.15, -0.1) is 0 Å². The average Bonchev–Trinajstić information content (AvgIpc) is 2.85. The molecular weight excluding hydrogens is 514 g/mol. The molecule has 1 fully saturated rings. The number of Topliss-reactive ketones (excluding diaryl/α,β-unsaturated/α-hetero) is 2. The van der Waals surface area contributed by atoms with E-state index in [2.05, 4.69) is 5.32 Å². The van der Waals surface area contributed by atoms with Crippen molar-refractivity contribution in [1.82, 2.24) is 5.32 Å². The highest BCUT2D eigenvalue weighted by molar-refractivity contribution is 6.22. The highest BCUT2D eigenvalue weighted by Crippen LogP contribution is 2.53. The van der Waals surface area contributed by atoms with Gasteiger partial charge in [0.1, 0.15) is 29.4 Å². The number of nitrogens with zero attached hydrogens (tertiary/aromatic N) is 1. The van der Waals surface area contributed by atoms with Crippen molar-refractivity contribution in [2.45, 2.75) is 31.4 Å². The number of anilines is 1. The molecule has 3 aliphatic rings. The number of fused-ring (bicyclic) bond motifs is 3. The maximum atomic E-state index is 13.7. The third-order valence-corrected chi connectivity index (χ3v) is 7.54. The van der Waals surface area contributed by atoms with E-state index in [1.54, 1.807) is 25.1 Å². The van der Waals surface area contributed by atoms with Crippen LogP contribution in [-0.4, -0.2) is 84.0 Å². The molecule has 3 aliphatic carbocycles. The number of hydrogen-bond acceptors (Lipinski definition) is 11. The van der Waals surface area contributed by atoms with E-state index in [4.69, 9.17) is 15.2 Å². The number of aliphatic hydroxyl groups is 3. The number of benzene rings is 1. The first-order valence-electron chi connectivity index (χ1n) is 12.3. The van der Waals surface area contributed by atoms with E-state index in [9.17, 15) is 39.6 Å². The molecule has 4 rings (SSSR count). The Morgan fingerprint density at radius 1 is 1.18 bits per heavy atom. The molecule has 0 aliphatic heterocycles. The van der Waals surface area contributed by atoms with Crippen LogP contribution in [0.25, 0.3) is 5.76 Å². The van der Waals surface area contributed by atoms with Crippen LogP contribution in [0.2, 0.25) is 0 Å². The number of phenolic OH excluding ortho intramolecular Hbond substituents is 1. The Labute approximate surface area is 223 Å². The second-order valence-electron chi connectivity index (χ2n) is 10.0. The second kappa shape index (κ2) is 10.2. The predicted molar refractivity (Wildman–Crippen MR) is 136 cm³/mol. The number of alkyl carbamates (subject to hydrolysis) is 1. The third-order valence-electron chi connectivity index (χ3n) is 7.54. The summed E-state index contributed by atoms with van der Waals surface area (Å²) in [6, 6.07) is 1.64. The summed E-state index contributed by atoms with van der Waals surface area (Å²) in [5.74, 6) is -6.96. The molecule has 1 saturated carbocycles. The summed E-state index contributed by atoms with van der Waals surface area (Å²) >= 11 is 0. The maximum absolute atomic E-state index is 13.7. The van der Waals surface area contributed by atoms with Gasteiger partial charge in [-0.2, -0.15) is 0 Å². The highest BCUT2D eigenvalue weighted by Gasteiger charge is 2.60. The maximum Gasteiger partial charge on any atom is 0.407 e. The molecule has 2 amide bonds. The molecule has 0 radical (unpaired) electrons. The van der Waals surface area contributed by atoms with Crippen molar-refractivity contribution >= 4 is 35.0 Å². The van der Waals surface area contributed by atoms with Crippen molar-refractivity contribution in [3.63, 3.8) is 0 Å². The zero-order valence-electron chi connectivity index (χ0n) is 21.7. The Bertz CT molecular complexity index is 1330. The fourth-order valence-corrected chi connectivity index (χ4v) is 5.69. The molecule has 39 heavy (non-hydrogen) atoms. The number of amides is 2. The number of aromatic hydroxyl groups is 1. The summed E-state index contributed by atoms with van der Waals surface area (Å²) in [5.41, 5.74) is 2.77. The Morgan fingerprint density at radius 3 is 2.49 bits per heavy atom. The van der Waals surface area contributed by atoms with Gasteiger partial charge in [0.2, 0.25) is 5.78 Å². The molecule has 0 aromatic heterocycles. The van der Waals surface area contributed by atoms with Gasteiger partial charge >= 0.3 is 6.09 Å². The zero-order chi connectivity index (χ0) is 28.8. The molecule has 1 aromatic carbocycles. The van der Waals surface area contributed by atoms with E-state index in [1.165, 1.54) is 7.11 Å². The lowest BCUT2D eigenvalue weighted by Gasteiger charge is -2.46. The summed E-state index contributed by atoms with van der Waals surface area (Å²) in [6.45, 7) is 0.0451. The summed E-state index contributed by atoms with van der Waals surface area (Å²) in [6.07, 6.45) is -0.942. The number of phenols is 1. The van der Waals surface area contributed by atoms with Crippen molar-refractivity contribution in [3.05, 3.63) is 39.7 Å². The van der Waals surface area contributed by atoms with Gasteiger partial charge in [-0.25, -0.2) is 4.79 Å². The molecule has 0 heterocycles. The van der Waals surface area contributed by atoms with E-state index in [0.717, 1.165) is 0 Å². The number of nitrogens with one attached hydrogen (secondary N) is 1.